The molecule has 2 N–H and O–H groups in total. The number of hydrogen-bond acceptors (Lipinski definition) is 3. The lowest BCUT2D eigenvalue weighted by molar-refractivity contribution is -0.137. The highest BCUT2D eigenvalue weighted by molar-refractivity contribution is 5.92. The summed E-state index contributed by atoms with van der Waals surface area (Å²) in [6.07, 6.45) is -2.24. The van der Waals surface area contributed by atoms with Gasteiger partial charge in [0, 0.05) is 12.1 Å². The average Bonchev–Trinajstić information content (AvgIpc) is 3.00. The van der Waals surface area contributed by atoms with Crippen molar-refractivity contribution in [3.05, 3.63) is 47.7 Å². The van der Waals surface area contributed by atoms with Crippen molar-refractivity contribution >= 4 is 5.91 Å². The fourth-order valence-electron chi connectivity index (χ4n) is 2.56. The Morgan fingerprint density at radius 1 is 1.25 bits per heavy atom. The number of halogens is 3. The Morgan fingerprint density at radius 2 is 2.00 bits per heavy atom. The summed E-state index contributed by atoms with van der Waals surface area (Å²) >= 11 is 0. The van der Waals surface area contributed by atoms with Gasteiger partial charge in [-0.05, 0) is 43.5 Å². The van der Waals surface area contributed by atoms with Crippen molar-refractivity contribution in [1.82, 2.24) is 5.32 Å². The van der Waals surface area contributed by atoms with Gasteiger partial charge in [-0.15, -0.1) is 0 Å². The fourth-order valence-corrected chi connectivity index (χ4v) is 2.56. The van der Waals surface area contributed by atoms with Crippen LogP contribution in [-0.4, -0.2) is 23.2 Å². The Balaban J connectivity index is 1.72. The molecule has 1 saturated carbocycles. The monoisotopic (exact) mass is 339 g/mol. The number of rotatable bonds is 4. The number of carbonyl (C=O) groups is 1. The van der Waals surface area contributed by atoms with Gasteiger partial charge in [0.25, 0.3) is 5.91 Å². The van der Waals surface area contributed by atoms with Gasteiger partial charge in [0.05, 0.1) is 11.2 Å². The maximum Gasteiger partial charge on any atom is 0.416 e. The van der Waals surface area contributed by atoms with E-state index in [1.165, 1.54) is 24.3 Å². The smallest absolute Gasteiger partial charge is 0.416 e. The third kappa shape index (κ3) is 3.46. The first-order valence-corrected chi connectivity index (χ1v) is 7.55. The number of hydrogen-bond donors (Lipinski definition) is 2. The Hall–Kier alpha value is -2.28. The lowest BCUT2D eigenvalue weighted by Gasteiger charge is -2.36. The molecule has 1 aliphatic rings. The molecule has 1 heterocycles. The van der Waals surface area contributed by atoms with Crippen LogP contribution >= 0.6 is 0 Å². The van der Waals surface area contributed by atoms with Crippen LogP contribution in [0.2, 0.25) is 0 Å². The Morgan fingerprint density at radius 3 is 2.62 bits per heavy atom. The van der Waals surface area contributed by atoms with E-state index in [-0.39, 0.29) is 23.6 Å². The third-order valence-electron chi connectivity index (χ3n) is 4.17. The first kappa shape index (κ1) is 16.6. The molecule has 4 nitrogen and oxygen atoms in total. The summed E-state index contributed by atoms with van der Waals surface area (Å²) in [4.78, 5) is 12.0. The molecule has 3 rings (SSSR count). The average molecular weight is 339 g/mol. The molecular weight excluding hydrogens is 323 g/mol. The molecule has 1 aliphatic carbocycles. The van der Waals surface area contributed by atoms with E-state index in [2.05, 4.69) is 5.32 Å². The van der Waals surface area contributed by atoms with Crippen LogP contribution in [0.25, 0.3) is 11.3 Å². The van der Waals surface area contributed by atoms with Crippen LogP contribution in [0.3, 0.4) is 0 Å². The van der Waals surface area contributed by atoms with Crippen LogP contribution in [0.1, 0.15) is 35.4 Å². The second-order valence-electron chi connectivity index (χ2n) is 6.00. The number of benzene rings is 1. The molecule has 0 bridgehead atoms. The predicted molar refractivity (Wildman–Crippen MR) is 80.3 cm³/mol. The van der Waals surface area contributed by atoms with Gasteiger partial charge in [0.15, 0.2) is 5.76 Å². The first-order valence-electron chi connectivity index (χ1n) is 7.55. The molecule has 0 aliphatic heterocycles. The third-order valence-corrected chi connectivity index (χ3v) is 4.17. The molecule has 24 heavy (non-hydrogen) atoms. The molecule has 7 heteroatoms. The molecule has 0 saturated heterocycles. The maximum atomic E-state index is 12.7. The van der Waals surface area contributed by atoms with Crippen LogP contribution in [0, 0.1) is 0 Å². The second kappa shape index (κ2) is 5.98. The van der Waals surface area contributed by atoms with E-state index in [1.807, 2.05) is 0 Å². The van der Waals surface area contributed by atoms with Gasteiger partial charge in [-0.3, -0.25) is 4.79 Å². The zero-order chi connectivity index (χ0) is 17.4. The highest BCUT2D eigenvalue weighted by Crippen LogP contribution is 2.33. The zero-order valence-electron chi connectivity index (χ0n) is 12.7. The van der Waals surface area contributed by atoms with E-state index in [0.717, 1.165) is 18.6 Å². The van der Waals surface area contributed by atoms with Gasteiger partial charge in [-0.25, -0.2) is 0 Å². The number of amides is 1. The second-order valence-corrected chi connectivity index (χ2v) is 6.00. The molecule has 0 atom stereocenters. The van der Waals surface area contributed by atoms with Crippen LogP contribution in [-0.2, 0) is 6.18 Å². The number of furan rings is 1. The van der Waals surface area contributed by atoms with Gasteiger partial charge in [-0.1, -0.05) is 12.1 Å². The first-order chi connectivity index (χ1) is 11.3. The van der Waals surface area contributed by atoms with E-state index in [0.29, 0.717) is 12.8 Å². The molecule has 2 aromatic rings. The van der Waals surface area contributed by atoms with E-state index >= 15 is 0 Å². The number of nitrogens with one attached hydrogen (secondary N) is 1. The number of alkyl halides is 3. The lowest BCUT2D eigenvalue weighted by Crippen LogP contribution is -2.47. The minimum Gasteiger partial charge on any atom is -0.451 e. The van der Waals surface area contributed by atoms with Crippen LogP contribution < -0.4 is 5.32 Å². The van der Waals surface area contributed by atoms with Gasteiger partial charge in [0.1, 0.15) is 5.76 Å². The summed E-state index contributed by atoms with van der Waals surface area (Å²) in [5, 5.41) is 12.5. The molecule has 1 fully saturated rings. The molecule has 1 aromatic heterocycles. The topological polar surface area (TPSA) is 62.5 Å². The molecular formula is C17H16F3NO3. The highest BCUT2D eigenvalue weighted by atomic mass is 19.4. The van der Waals surface area contributed by atoms with Crippen molar-refractivity contribution in [3.8, 4) is 11.3 Å². The largest absolute Gasteiger partial charge is 0.451 e. The maximum absolute atomic E-state index is 12.7. The van der Waals surface area contributed by atoms with Crippen molar-refractivity contribution in [3.63, 3.8) is 0 Å². The summed E-state index contributed by atoms with van der Waals surface area (Å²) in [5.41, 5.74) is -1.40. The predicted octanol–water partition coefficient (Wildman–Crippen LogP) is 3.61. The summed E-state index contributed by atoms with van der Waals surface area (Å²) in [6, 6.07) is 7.55. The normalized spacial score (nSPS) is 16.5. The van der Waals surface area contributed by atoms with Crippen molar-refractivity contribution in [2.75, 3.05) is 6.54 Å². The van der Waals surface area contributed by atoms with E-state index in [1.54, 1.807) is 0 Å². The Labute approximate surface area is 136 Å². The number of carbonyl (C=O) groups excluding carboxylic acids is 1. The van der Waals surface area contributed by atoms with Crippen LogP contribution in [0.5, 0.6) is 0 Å². The lowest BCUT2D eigenvalue weighted by atomic mass is 9.80. The standard InChI is InChI=1S/C17H16F3NO3/c18-17(19,20)12-4-1-3-11(9-12)13-5-6-14(24-13)15(22)21-10-16(23)7-2-8-16/h1,3-6,9,23H,2,7-8,10H2,(H,21,22). The molecule has 1 aromatic carbocycles. The van der Waals surface area contributed by atoms with Crippen molar-refractivity contribution in [2.24, 2.45) is 0 Å². The van der Waals surface area contributed by atoms with E-state index in [4.69, 9.17) is 4.42 Å². The summed E-state index contributed by atoms with van der Waals surface area (Å²) in [7, 11) is 0. The van der Waals surface area contributed by atoms with Crippen molar-refractivity contribution in [2.45, 2.75) is 31.0 Å². The Kier molecular flexibility index (Phi) is 4.13. The number of aliphatic hydroxyl groups is 1. The molecule has 1 amide bonds. The van der Waals surface area contributed by atoms with Crippen LogP contribution in [0.15, 0.2) is 40.8 Å². The van der Waals surface area contributed by atoms with Gasteiger partial charge >= 0.3 is 6.18 Å². The van der Waals surface area contributed by atoms with Crippen molar-refractivity contribution in [1.29, 1.82) is 0 Å². The van der Waals surface area contributed by atoms with E-state index in [9.17, 15) is 23.1 Å². The van der Waals surface area contributed by atoms with Crippen LogP contribution in [0.4, 0.5) is 13.2 Å². The Bertz CT molecular complexity index is 748. The molecule has 128 valence electrons. The molecule has 0 radical (unpaired) electrons. The quantitative estimate of drug-likeness (QED) is 0.894. The van der Waals surface area contributed by atoms with Gasteiger partial charge < -0.3 is 14.8 Å². The minimum atomic E-state index is -4.44. The summed E-state index contributed by atoms with van der Waals surface area (Å²) in [5.74, 6) is -0.340. The molecule has 0 unspecified atom stereocenters. The minimum absolute atomic E-state index is 0.00895. The summed E-state index contributed by atoms with van der Waals surface area (Å²) in [6.45, 7) is 0.130. The molecule has 0 spiro atoms. The van der Waals surface area contributed by atoms with Crippen molar-refractivity contribution < 1.29 is 27.5 Å². The van der Waals surface area contributed by atoms with Gasteiger partial charge in [-0.2, -0.15) is 13.2 Å². The highest BCUT2D eigenvalue weighted by Gasteiger charge is 2.35. The zero-order valence-corrected chi connectivity index (χ0v) is 12.7. The fraction of sp³-hybridized carbons (Fsp3) is 0.353. The SMILES string of the molecule is O=C(NCC1(O)CCC1)c1ccc(-c2cccc(C(F)(F)F)c2)o1. The van der Waals surface area contributed by atoms with Gasteiger partial charge in [0.2, 0.25) is 0 Å². The summed E-state index contributed by atoms with van der Waals surface area (Å²) < 4.78 is 43.6. The van der Waals surface area contributed by atoms with E-state index < -0.39 is 23.2 Å².